The SMILES string of the molecule is COc1cc(C(=O)Nc2ccc3c(c2)CCN3C(C)=O)ccc1OC(C)C. The minimum Gasteiger partial charge on any atom is -0.493 e. The van der Waals surface area contributed by atoms with E-state index in [2.05, 4.69) is 5.32 Å². The van der Waals surface area contributed by atoms with E-state index >= 15 is 0 Å². The highest BCUT2D eigenvalue weighted by Crippen LogP contribution is 2.32. The van der Waals surface area contributed by atoms with Crippen LogP contribution in [0.1, 0.15) is 36.7 Å². The molecule has 6 heteroatoms. The smallest absolute Gasteiger partial charge is 0.255 e. The first kappa shape index (κ1) is 18.8. The molecule has 1 aliphatic heterocycles. The van der Waals surface area contributed by atoms with Gasteiger partial charge in [0.05, 0.1) is 13.2 Å². The van der Waals surface area contributed by atoms with Crippen LogP contribution in [0.2, 0.25) is 0 Å². The minimum atomic E-state index is -0.231. The van der Waals surface area contributed by atoms with Gasteiger partial charge in [0.25, 0.3) is 5.91 Å². The van der Waals surface area contributed by atoms with Gasteiger partial charge in [-0.3, -0.25) is 9.59 Å². The number of nitrogens with zero attached hydrogens (tertiary/aromatic N) is 1. The summed E-state index contributed by atoms with van der Waals surface area (Å²) >= 11 is 0. The summed E-state index contributed by atoms with van der Waals surface area (Å²) in [5.41, 5.74) is 3.15. The average Bonchev–Trinajstić information content (AvgIpc) is 3.05. The van der Waals surface area contributed by atoms with Crippen molar-refractivity contribution in [3.05, 3.63) is 47.5 Å². The number of benzene rings is 2. The average molecular weight is 368 g/mol. The molecule has 1 N–H and O–H groups in total. The molecular formula is C21H24N2O4. The van der Waals surface area contributed by atoms with Gasteiger partial charge < -0.3 is 19.7 Å². The lowest BCUT2D eigenvalue weighted by Gasteiger charge is -2.16. The van der Waals surface area contributed by atoms with Crippen LogP contribution in [0.4, 0.5) is 11.4 Å². The van der Waals surface area contributed by atoms with Crippen molar-refractivity contribution in [2.24, 2.45) is 0 Å². The predicted molar refractivity (Wildman–Crippen MR) is 105 cm³/mol. The molecule has 142 valence electrons. The third-order valence-corrected chi connectivity index (χ3v) is 4.40. The number of carbonyl (C=O) groups is 2. The number of amides is 2. The van der Waals surface area contributed by atoms with Gasteiger partial charge in [-0.05, 0) is 62.2 Å². The summed E-state index contributed by atoms with van der Waals surface area (Å²) in [4.78, 5) is 26.0. The third-order valence-electron chi connectivity index (χ3n) is 4.40. The standard InChI is InChI=1S/C21H24N2O4/c1-13(2)27-19-8-5-16(12-20(19)26-4)21(25)22-17-6-7-18-15(11-17)9-10-23(18)14(3)24/h5-8,11-13H,9-10H2,1-4H3,(H,22,25). The van der Waals surface area contributed by atoms with Gasteiger partial charge in [0, 0.05) is 30.4 Å². The van der Waals surface area contributed by atoms with E-state index in [1.807, 2.05) is 32.0 Å². The zero-order valence-electron chi connectivity index (χ0n) is 16.0. The summed E-state index contributed by atoms with van der Waals surface area (Å²) in [6, 6.07) is 10.7. The van der Waals surface area contributed by atoms with E-state index in [4.69, 9.17) is 9.47 Å². The molecule has 0 bridgehead atoms. The molecule has 0 atom stereocenters. The fourth-order valence-electron chi connectivity index (χ4n) is 3.17. The van der Waals surface area contributed by atoms with Crippen molar-refractivity contribution in [1.29, 1.82) is 0 Å². The van der Waals surface area contributed by atoms with Crippen molar-refractivity contribution in [3.63, 3.8) is 0 Å². The summed E-state index contributed by atoms with van der Waals surface area (Å²) in [6.45, 7) is 6.10. The molecule has 2 amide bonds. The number of ether oxygens (including phenoxy) is 2. The lowest BCUT2D eigenvalue weighted by atomic mass is 10.1. The molecule has 0 radical (unpaired) electrons. The van der Waals surface area contributed by atoms with E-state index in [1.54, 1.807) is 37.1 Å². The lowest BCUT2D eigenvalue weighted by molar-refractivity contribution is -0.116. The Balaban J connectivity index is 1.77. The molecule has 0 spiro atoms. The highest BCUT2D eigenvalue weighted by molar-refractivity contribution is 6.05. The van der Waals surface area contributed by atoms with E-state index in [1.165, 1.54) is 0 Å². The molecule has 0 unspecified atom stereocenters. The largest absolute Gasteiger partial charge is 0.493 e. The van der Waals surface area contributed by atoms with Gasteiger partial charge in [0.1, 0.15) is 0 Å². The summed E-state index contributed by atoms with van der Waals surface area (Å²) in [5, 5.41) is 2.90. The van der Waals surface area contributed by atoms with Crippen LogP contribution in [0.5, 0.6) is 11.5 Å². The fraction of sp³-hybridized carbons (Fsp3) is 0.333. The van der Waals surface area contributed by atoms with Crippen LogP contribution >= 0.6 is 0 Å². The van der Waals surface area contributed by atoms with Crippen LogP contribution in [-0.2, 0) is 11.2 Å². The summed E-state index contributed by atoms with van der Waals surface area (Å²) in [7, 11) is 1.55. The molecule has 2 aromatic rings. The predicted octanol–water partition coefficient (Wildman–Crippen LogP) is 3.64. The van der Waals surface area contributed by atoms with Gasteiger partial charge >= 0.3 is 0 Å². The minimum absolute atomic E-state index is 0.0135. The topological polar surface area (TPSA) is 67.9 Å². The van der Waals surface area contributed by atoms with Crippen molar-refractivity contribution in [2.45, 2.75) is 33.3 Å². The highest BCUT2D eigenvalue weighted by Gasteiger charge is 2.22. The Morgan fingerprint density at radius 2 is 1.89 bits per heavy atom. The summed E-state index contributed by atoms with van der Waals surface area (Å²) in [5.74, 6) is 0.917. The molecule has 6 nitrogen and oxygen atoms in total. The molecule has 0 saturated carbocycles. The molecule has 27 heavy (non-hydrogen) atoms. The van der Waals surface area contributed by atoms with Crippen molar-refractivity contribution in [2.75, 3.05) is 23.9 Å². The van der Waals surface area contributed by atoms with Gasteiger partial charge in [-0.15, -0.1) is 0 Å². The van der Waals surface area contributed by atoms with E-state index in [-0.39, 0.29) is 17.9 Å². The van der Waals surface area contributed by atoms with E-state index in [0.717, 1.165) is 17.7 Å². The normalized spacial score (nSPS) is 12.7. The van der Waals surface area contributed by atoms with Crippen molar-refractivity contribution >= 4 is 23.2 Å². The summed E-state index contributed by atoms with van der Waals surface area (Å²) in [6.07, 6.45) is 0.799. The van der Waals surface area contributed by atoms with Crippen molar-refractivity contribution < 1.29 is 19.1 Å². The maximum absolute atomic E-state index is 12.6. The number of anilines is 2. The van der Waals surface area contributed by atoms with Crippen LogP contribution in [0, 0.1) is 0 Å². The zero-order valence-corrected chi connectivity index (χ0v) is 16.0. The Kier molecular flexibility index (Phi) is 5.35. The monoisotopic (exact) mass is 368 g/mol. The number of hydrogen-bond acceptors (Lipinski definition) is 4. The second-order valence-corrected chi connectivity index (χ2v) is 6.75. The van der Waals surface area contributed by atoms with Gasteiger partial charge in [-0.2, -0.15) is 0 Å². The number of carbonyl (C=O) groups excluding carboxylic acids is 2. The molecule has 0 aliphatic carbocycles. The van der Waals surface area contributed by atoms with E-state index in [0.29, 0.717) is 29.3 Å². The number of methoxy groups -OCH3 is 1. The van der Waals surface area contributed by atoms with Crippen LogP contribution < -0.4 is 19.7 Å². The Bertz CT molecular complexity index is 876. The number of rotatable bonds is 5. The Labute approximate surface area is 159 Å². The number of hydrogen-bond donors (Lipinski definition) is 1. The quantitative estimate of drug-likeness (QED) is 0.875. The zero-order chi connectivity index (χ0) is 19.6. The first-order valence-electron chi connectivity index (χ1n) is 8.96. The second-order valence-electron chi connectivity index (χ2n) is 6.75. The Morgan fingerprint density at radius 1 is 1.11 bits per heavy atom. The molecule has 0 saturated heterocycles. The van der Waals surface area contributed by atoms with Crippen molar-refractivity contribution in [3.8, 4) is 11.5 Å². The van der Waals surface area contributed by atoms with Crippen LogP contribution in [-0.4, -0.2) is 31.6 Å². The van der Waals surface area contributed by atoms with Gasteiger partial charge in [0.15, 0.2) is 11.5 Å². The van der Waals surface area contributed by atoms with Gasteiger partial charge in [-0.1, -0.05) is 0 Å². The van der Waals surface area contributed by atoms with Gasteiger partial charge in [-0.25, -0.2) is 0 Å². The molecule has 3 rings (SSSR count). The molecule has 0 fully saturated rings. The Hall–Kier alpha value is -3.02. The maximum Gasteiger partial charge on any atom is 0.255 e. The summed E-state index contributed by atoms with van der Waals surface area (Å²) < 4.78 is 11.0. The first-order valence-corrected chi connectivity index (χ1v) is 8.96. The molecule has 1 aliphatic rings. The van der Waals surface area contributed by atoms with Gasteiger partial charge in [0.2, 0.25) is 5.91 Å². The highest BCUT2D eigenvalue weighted by atomic mass is 16.5. The molecule has 0 aromatic heterocycles. The van der Waals surface area contributed by atoms with Crippen LogP contribution in [0.15, 0.2) is 36.4 Å². The second kappa shape index (κ2) is 7.70. The molecule has 1 heterocycles. The van der Waals surface area contributed by atoms with E-state index in [9.17, 15) is 9.59 Å². The van der Waals surface area contributed by atoms with Crippen LogP contribution in [0.3, 0.4) is 0 Å². The Morgan fingerprint density at radius 3 is 2.56 bits per heavy atom. The molecular weight excluding hydrogens is 344 g/mol. The fourth-order valence-corrected chi connectivity index (χ4v) is 3.17. The maximum atomic E-state index is 12.6. The van der Waals surface area contributed by atoms with Crippen LogP contribution in [0.25, 0.3) is 0 Å². The first-order chi connectivity index (χ1) is 12.9. The third kappa shape index (κ3) is 4.05. The molecule has 2 aromatic carbocycles. The number of fused-ring (bicyclic) bond motifs is 1. The van der Waals surface area contributed by atoms with E-state index < -0.39 is 0 Å². The van der Waals surface area contributed by atoms with Crippen molar-refractivity contribution in [1.82, 2.24) is 0 Å². The number of nitrogens with one attached hydrogen (secondary N) is 1. The lowest BCUT2D eigenvalue weighted by Crippen LogP contribution is -2.25.